The van der Waals surface area contributed by atoms with Gasteiger partial charge in [0.15, 0.2) is 0 Å². The Kier molecular flexibility index (Phi) is 3.02. The van der Waals surface area contributed by atoms with Crippen molar-refractivity contribution in [2.75, 3.05) is 6.54 Å². The second-order valence-electron chi connectivity index (χ2n) is 6.17. The maximum Gasteiger partial charge on any atom is 0.326 e. The molecule has 6 nitrogen and oxygen atoms in total. The number of hydrogen-bond acceptors (Lipinski definition) is 4. The van der Waals surface area contributed by atoms with Crippen LogP contribution >= 0.6 is 0 Å². The number of fused-ring (bicyclic) bond motifs is 2. The van der Waals surface area contributed by atoms with Gasteiger partial charge in [0.1, 0.15) is 6.04 Å². The quantitative estimate of drug-likeness (QED) is 0.621. The molecule has 0 aromatic carbocycles. The van der Waals surface area contributed by atoms with Gasteiger partial charge in [-0.1, -0.05) is 0 Å². The lowest BCUT2D eigenvalue weighted by Gasteiger charge is -2.32. The molecule has 3 aliphatic rings. The Morgan fingerprint density at radius 1 is 1.16 bits per heavy atom. The van der Waals surface area contributed by atoms with E-state index in [9.17, 15) is 14.7 Å². The van der Waals surface area contributed by atoms with E-state index in [0.717, 1.165) is 19.3 Å². The van der Waals surface area contributed by atoms with E-state index in [0.29, 0.717) is 11.8 Å². The van der Waals surface area contributed by atoms with Crippen LogP contribution in [0.5, 0.6) is 0 Å². The molecule has 1 amide bonds. The Hall–Kier alpha value is -1.14. The van der Waals surface area contributed by atoms with Crippen molar-refractivity contribution in [1.29, 1.82) is 0 Å². The monoisotopic (exact) mass is 268 g/mol. The number of aliphatic carboxylic acids is 1. The fourth-order valence-corrected chi connectivity index (χ4v) is 4.19. The minimum atomic E-state index is -1.04. The molecular weight excluding hydrogens is 248 g/mol. The first kappa shape index (κ1) is 12.9. The van der Waals surface area contributed by atoms with Gasteiger partial charge < -0.3 is 20.8 Å². The second kappa shape index (κ2) is 4.45. The van der Waals surface area contributed by atoms with Gasteiger partial charge in [-0.05, 0) is 31.1 Å². The number of nitrogens with zero attached hydrogens (tertiary/aromatic N) is 1. The van der Waals surface area contributed by atoms with Crippen molar-refractivity contribution in [3.8, 4) is 0 Å². The summed E-state index contributed by atoms with van der Waals surface area (Å²) in [7, 11) is 0. The van der Waals surface area contributed by atoms with Crippen LogP contribution in [0.25, 0.3) is 0 Å². The zero-order chi connectivity index (χ0) is 13.7. The van der Waals surface area contributed by atoms with E-state index in [1.165, 1.54) is 4.90 Å². The molecule has 1 aliphatic heterocycles. The number of aliphatic hydroxyl groups excluding tert-OH is 1. The molecule has 0 radical (unpaired) electrons. The molecule has 2 aliphatic carbocycles. The van der Waals surface area contributed by atoms with Gasteiger partial charge in [0.2, 0.25) is 5.91 Å². The summed E-state index contributed by atoms with van der Waals surface area (Å²) in [4.78, 5) is 25.1. The molecule has 0 aromatic rings. The lowest BCUT2D eigenvalue weighted by atomic mass is 9.84. The minimum Gasteiger partial charge on any atom is -0.480 e. The summed E-state index contributed by atoms with van der Waals surface area (Å²) in [6, 6.07) is -1.03. The zero-order valence-electron chi connectivity index (χ0n) is 10.7. The van der Waals surface area contributed by atoms with E-state index >= 15 is 0 Å². The highest BCUT2D eigenvalue weighted by Gasteiger charge is 2.52. The molecule has 0 aromatic heterocycles. The number of carboxylic acids is 1. The van der Waals surface area contributed by atoms with Gasteiger partial charge in [0, 0.05) is 19.0 Å². The molecule has 106 valence electrons. The smallest absolute Gasteiger partial charge is 0.326 e. The highest BCUT2D eigenvalue weighted by Crippen LogP contribution is 2.48. The molecular formula is C13H20N2O4. The molecule has 4 N–H and O–H groups in total. The third-order valence-corrected chi connectivity index (χ3v) is 5.11. The van der Waals surface area contributed by atoms with E-state index in [4.69, 9.17) is 10.8 Å². The van der Waals surface area contributed by atoms with Crippen LogP contribution in [-0.2, 0) is 9.59 Å². The molecule has 19 heavy (non-hydrogen) atoms. The first-order valence-corrected chi connectivity index (χ1v) is 6.96. The second-order valence-corrected chi connectivity index (χ2v) is 6.17. The molecule has 1 heterocycles. The maximum absolute atomic E-state index is 12.6. The predicted octanol–water partition coefficient (Wildman–Crippen LogP) is -0.594. The van der Waals surface area contributed by atoms with E-state index in [1.54, 1.807) is 0 Å². The zero-order valence-corrected chi connectivity index (χ0v) is 10.7. The van der Waals surface area contributed by atoms with E-state index in [-0.39, 0.29) is 30.8 Å². The first-order valence-electron chi connectivity index (χ1n) is 6.96. The number of nitrogens with two attached hydrogens (primary N) is 1. The average Bonchev–Trinajstić information content (AvgIpc) is 3.01. The summed E-state index contributed by atoms with van der Waals surface area (Å²) in [5, 5.41) is 18.8. The fourth-order valence-electron chi connectivity index (χ4n) is 4.19. The molecule has 0 spiro atoms. The van der Waals surface area contributed by atoms with Crippen molar-refractivity contribution < 1.29 is 19.8 Å². The lowest BCUT2D eigenvalue weighted by Crippen LogP contribution is -2.50. The molecule has 4 unspecified atom stereocenters. The van der Waals surface area contributed by atoms with Gasteiger partial charge in [-0.15, -0.1) is 0 Å². The van der Waals surface area contributed by atoms with Gasteiger partial charge in [-0.3, -0.25) is 4.79 Å². The van der Waals surface area contributed by atoms with Crippen LogP contribution in [0.3, 0.4) is 0 Å². The summed E-state index contributed by atoms with van der Waals surface area (Å²) < 4.78 is 0. The summed E-state index contributed by atoms with van der Waals surface area (Å²) in [6.45, 7) is 0.121. The van der Waals surface area contributed by atoms with Crippen molar-refractivity contribution in [3.05, 3.63) is 0 Å². The topological polar surface area (TPSA) is 104 Å². The van der Waals surface area contributed by atoms with Gasteiger partial charge in [0.05, 0.1) is 12.0 Å². The molecule has 6 heteroatoms. The average molecular weight is 268 g/mol. The van der Waals surface area contributed by atoms with E-state index in [1.807, 2.05) is 0 Å². The number of carbonyl (C=O) groups excluding carboxylic acids is 1. The normalized spacial score (nSPS) is 44.8. The van der Waals surface area contributed by atoms with Crippen LogP contribution in [0, 0.1) is 17.8 Å². The van der Waals surface area contributed by atoms with Crippen LogP contribution in [0.2, 0.25) is 0 Å². The Balaban J connectivity index is 1.78. The maximum atomic E-state index is 12.6. The third kappa shape index (κ3) is 1.94. The van der Waals surface area contributed by atoms with Crippen LogP contribution in [0.4, 0.5) is 0 Å². The van der Waals surface area contributed by atoms with Crippen molar-refractivity contribution >= 4 is 11.9 Å². The van der Waals surface area contributed by atoms with Gasteiger partial charge in [-0.2, -0.15) is 0 Å². The number of carboxylic acid groups (broad SMARTS) is 1. The number of likely N-dealkylation sites (tertiary alicyclic amines) is 1. The van der Waals surface area contributed by atoms with Crippen molar-refractivity contribution in [2.24, 2.45) is 23.5 Å². The minimum absolute atomic E-state index is 0.121. The third-order valence-electron chi connectivity index (χ3n) is 5.11. The largest absolute Gasteiger partial charge is 0.480 e. The van der Waals surface area contributed by atoms with Gasteiger partial charge in [0.25, 0.3) is 0 Å². The van der Waals surface area contributed by atoms with E-state index < -0.39 is 18.1 Å². The van der Waals surface area contributed by atoms with E-state index in [2.05, 4.69) is 0 Å². The lowest BCUT2D eigenvalue weighted by molar-refractivity contribution is -0.151. The Bertz CT molecular complexity index is 411. The number of amides is 1. The summed E-state index contributed by atoms with van der Waals surface area (Å²) >= 11 is 0. The van der Waals surface area contributed by atoms with Gasteiger partial charge in [-0.25, -0.2) is 4.79 Å². The Labute approximate surface area is 111 Å². The molecule has 3 rings (SSSR count). The van der Waals surface area contributed by atoms with Crippen LogP contribution in [0.1, 0.15) is 25.7 Å². The number of β-amino-alcohol motifs (C(OH)–C–C–N with tert-alkyl or cyclic N) is 1. The molecule has 1 saturated heterocycles. The summed E-state index contributed by atoms with van der Waals surface area (Å²) in [5.41, 5.74) is 6.13. The SMILES string of the molecule is NC1C2CCC(C2)C1C(=O)N1C[C@H](O)C[C@H]1C(=O)O. The number of carbonyl (C=O) groups is 2. The van der Waals surface area contributed by atoms with Crippen molar-refractivity contribution in [2.45, 2.75) is 43.9 Å². The number of hydrogen-bond donors (Lipinski definition) is 3. The number of rotatable bonds is 2. The van der Waals surface area contributed by atoms with Crippen molar-refractivity contribution in [1.82, 2.24) is 4.90 Å². The van der Waals surface area contributed by atoms with Crippen LogP contribution < -0.4 is 5.73 Å². The first-order chi connectivity index (χ1) is 8.99. The summed E-state index contributed by atoms with van der Waals surface area (Å²) in [5.74, 6) is -0.731. The fraction of sp³-hybridized carbons (Fsp3) is 0.846. The highest BCUT2D eigenvalue weighted by atomic mass is 16.4. The predicted molar refractivity (Wildman–Crippen MR) is 66.1 cm³/mol. The standard InChI is InChI=1S/C13H20N2O4/c14-11-7-2-1-6(3-7)10(11)12(17)15-5-8(16)4-9(15)13(18)19/h6-11,16H,1-5,14H2,(H,18,19)/t6?,7?,8-,9+,10?,11?/m1/s1. The Morgan fingerprint density at radius 2 is 1.84 bits per heavy atom. The highest BCUT2D eigenvalue weighted by molar-refractivity contribution is 5.86. The van der Waals surface area contributed by atoms with Crippen molar-refractivity contribution in [3.63, 3.8) is 0 Å². The van der Waals surface area contributed by atoms with Crippen LogP contribution in [0.15, 0.2) is 0 Å². The molecule has 2 bridgehead atoms. The van der Waals surface area contributed by atoms with Gasteiger partial charge >= 0.3 is 5.97 Å². The number of aliphatic hydroxyl groups is 1. The Morgan fingerprint density at radius 3 is 2.42 bits per heavy atom. The summed E-state index contributed by atoms with van der Waals surface area (Å²) in [6.07, 6.45) is 2.48. The molecule has 3 fully saturated rings. The molecule has 6 atom stereocenters. The van der Waals surface area contributed by atoms with Crippen LogP contribution in [-0.4, -0.2) is 51.7 Å². The molecule has 2 saturated carbocycles.